The molecule has 6 nitrogen and oxygen atoms in total. The second-order valence-electron chi connectivity index (χ2n) is 12.3. The van der Waals surface area contributed by atoms with Gasteiger partial charge in [-0.05, 0) is 60.7 Å². The van der Waals surface area contributed by atoms with E-state index in [2.05, 4.69) is 0 Å². The van der Waals surface area contributed by atoms with Crippen LogP contribution in [0, 0.1) is 0 Å². The van der Waals surface area contributed by atoms with Crippen LogP contribution in [-0.2, 0) is 11.3 Å². The Morgan fingerprint density at radius 2 is 0.654 bits per heavy atom. The zero-order valence-corrected chi connectivity index (χ0v) is 29.9. The summed E-state index contributed by atoms with van der Waals surface area (Å²) in [7, 11) is 3.30. The molecule has 2 aliphatic heterocycles. The first kappa shape index (κ1) is 33.3. The van der Waals surface area contributed by atoms with Gasteiger partial charge < -0.3 is 9.47 Å². The zero-order valence-electron chi connectivity index (χ0n) is 28.4. The average molecular weight is 720 g/mol. The number of nitrogens with zero attached hydrogens (tertiary/aromatic N) is 4. The molecule has 0 saturated carbocycles. The van der Waals surface area contributed by atoms with Crippen LogP contribution in [0.25, 0.3) is 0 Å². The summed E-state index contributed by atoms with van der Waals surface area (Å²) in [6, 6.07) is 50.9. The lowest BCUT2D eigenvalue weighted by atomic mass is 9.82. The monoisotopic (exact) mass is 718 g/mol. The van der Waals surface area contributed by atoms with Crippen LogP contribution >= 0.6 is 23.2 Å². The summed E-state index contributed by atoms with van der Waals surface area (Å²) in [5.74, 6) is 1.46. The lowest BCUT2D eigenvalue weighted by molar-refractivity contribution is 0.257. The molecule has 0 aliphatic carbocycles. The van der Waals surface area contributed by atoms with E-state index in [-0.39, 0.29) is 0 Å². The average Bonchev–Trinajstić information content (AvgIpc) is 3.82. The van der Waals surface area contributed by atoms with Gasteiger partial charge in [0, 0.05) is 43.4 Å². The molecular weight excluding hydrogens is 687 g/mol. The summed E-state index contributed by atoms with van der Waals surface area (Å²) < 4.78 is 11.0. The maximum absolute atomic E-state index is 7.23. The minimum atomic E-state index is -1.56. The highest BCUT2D eigenvalue weighted by atomic mass is 35.5. The highest BCUT2D eigenvalue weighted by molar-refractivity contribution is 6.56. The Bertz CT molecular complexity index is 2220. The van der Waals surface area contributed by atoms with E-state index in [0.29, 0.717) is 44.0 Å². The topological polar surface area (TPSA) is 67.9 Å². The fourth-order valence-corrected chi connectivity index (χ4v) is 7.36. The van der Waals surface area contributed by atoms with Crippen molar-refractivity contribution in [1.29, 1.82) is 0 Å². The molecule has 0 bridgehead atoms. The lowest BCUT2D eigenvalue weighted by Crippen LogP contribution is -2.43. The number of hydrogen-bond acceptors (Lipinski definition) is 6. The number of halogens is 2. The summed E-state index contributed by atoms with van der Waals surface area (Å²) in [5.41, 5.74) is 4.23. The molecule has 2 aliphatic rings. The van der Waals surface area contributed by atoms with Gasteiger partial charge in [0.05, 0.1) is 37.1 Å². The summed E-state index contributed by atoms with van der Waals surface area (Å²) in [6.07, 6.45) is 0. The first-order chi connectivity index (χ1) is 25.5. The number of methoxy groups -OCH3 is 2. The van der Waals surface area contributed by atoms with Crippen molar-refractivity contribution in [1.82, 2.24) is 0 Å². The summed E-state index contributed by atoms with van der Waals surface area (Å²) in [5, 5.41) is 0.934. The van der Waals surface area contributed by atoms with Gasteiger partial charge in [-0.25, -0.2) is 20.0 Å². The largest absolute Gasteiger partial charge is 0.497 e. The molecule has 254 valence electrons. The molecule has 0 radical (unpaired) electrons. The van der Waals surface area contributed by atoms with Gasteiger partial charge in [-0.3, -0.25) is 0 Å². The van der Waals surface area contributed by atoms with Crippen molar-refractivity contribution in [3.05, 3.63) is 201 Å². The van der Waals surface area contributed by atoms with Gasteiger partial charge in [-0.2, -0.15) is 0 Å². The lowest BCUT2D eigenvalue weighted by Gasteiger charge is -2.39. The molecule has 6 aromatic rings. The van der Waals surface area contributed by atoms with Crippen LogP contribution in [0.1, 0.15) is 33.4 Å². The zero-order chi connectivity index (χ0) is 35.7. The second kappa shape index (κ2) is 13.7. The molecule has 0 aromatic heterocycles. The molecule has 2 heterocycles. The van der Waals surface area contributed by atoms with Crippen molar-refractivity contribution >= 4 is 46.0 Å². The van der Waals surface area contributed by atoms with Crippen LogP contribution < -0.4 is 9.47 Å². The van der Waals surface area contributed by atoms with E-state index in [4.69, 9.17) is 52.6 Å². The Kier molecular flexibility index (Phi) is 8.79. The second-order valence-corrected chi connectivity index (χ2v) is 13.1. The third kappa shape index (κ3) is 5.61. The van der Waals surface area contributed by atoms with E-state index in [9.17, 15) is 0 Å². The normalized spacial score (nSPS) is 19.4. The van der Waals surface area contributed by atoms with E-state index < -0.39 is 11.3 Å². The highest BCUT2D eigenvalue weighted by Crippen LogP contribution is 2.57. The first-order valence-corrected chi connectivity index (χ1v) is 17.5. The van der Waals surface area contributed by atoms with Crippen LogP contribution in [0.2, 0.25) is 10.0 Å². The van der Waals surface area contributed by atoms with Gasteiger partial charge in [0.15, 0.2) is 0 Å². The van der Waals surface area contributed by atoms with E-state index >= 15 is 0 Å². The van der Waals surface area contributed by atoms with Gasteiger partial charge in [-0.1, -0.05) is 120 Å². The van der Waals surface area contributed by atoms with Crippen molar-refractivity contribution in [3.8, 4) is 11.5 Å². The molecule has 8 rings (SSSR count). The van der Waals surface area contributed by atoms with Gasteiger partial charge >= 0.3 is 0 Å². The summed E-state index contributed by atoms with van der Waals surface area (Å²) in [4.78, 5) is 22.7. The number of ether oxygens (including phenoxy) is 2. The summed E-state index contributed by atoms with van der Waals surface area (Å²) in [6.45, 7) is 0. The smallest absolute Gasteiger partial charge is 0.227 e. The van der Waals surface area contributed by atoms with Crippen molar-refractivity contribution in [2.75, 3.05) is 14.2 Å². The van der Waals surface area contributed by atoms with Crippen LogP contribution in [0.15, 0.2) is 178 Å². The number of rotatable bonds is 9. The van der Waals surface area contributed by atoms with Crippen molar-refractivity contribution < 1.29 is 9.47 Å². The van der Waals surface area contributed by atoms with Crippen LogP contribution in [0.4, 0.5) is 0 Å². The van der Waals surface area contributed by atoms with E-state index in [1.807, 2.05) is 158 Å². The quantitative estimate of drug-likeness (QED) is 0.149. The van der Waals surface area contributed by atoms with Crippen molar-refractivity contribution in [3.63, 3.8) is 0 Å². The Morgan fingerprint density at radius 1 is 0.365 bits per heavy atom. The molecule has 0 amide bonds. The maximum Gasteiger partial charge on any atom is 0.227 e. The Balaban J connectivity index is 1.53. The third-order valence-electron chi connectivity index (χ3n) is 9.35. The molecular formula is C44H32Cl2N4O2. The van der Waals surface area contributed by atoms with Crippen molar-refractivity contribution in [2.24, 2.45) is 20.0 Å². The van der Waals surface area contributed by atoms with Crippen LogP contribution in [0.3, 0.4) is 0 Å². The molecule has 52 heavy (non-hydrogen) atoms. The molecule has 6 aromatic carbocycles. The molecule has 8 heteroatoms. The number of benzene rings is 6. The van der Waals surface area contributed by atoms with Crippen LogP contribution in [0.5, 0.6) is 11.5 Å². The van der Waals surface area contributed by atoms with Gasteiger partial charge in [0.1, 0.15) is 11.5 Å². The fourth-order valence-electron chi connectivity index (χ4n) is 6.82. The Labute approximate surface area is 312 Å². The Hall–Kier alpha value is -5.82. The Morgan fingerprint density at radius 3 is 0.962 bits per heavy atom. The molecule has 2 atom stereocenters. The molecule has 0 saturated heterocycles. The highest BCUT2D eigenvalue weighted by Gasteiger charge is 2.61. The van der Waals surface area contributed by atoms with E-state index in [0.717, 1.165) is 33.8 Å². The predicted octanol–water partition coefficient (Wildman–Crippen LogP) is 10.0. The SMILES string of the molecule is COc1ccc(C2=NC(c3ccccc3Cl)(C3(c4ccccc4Cl)N=C(c4ccccc4)C(c4ccc(OC)cc4)=N3)N=C2c2ccccc2)cc1. The van der Waals surface area contributed by atoms with E-state index in [1.54, 1.807) is 14.2 Å². The standard InChI is InChI=1S/C44H32Cl2N4O2/c1-51-33-25-21-31(22-26-33)41-39(29-13-5-3-6-14-29)47-43(49-41,35-17-9-11-19-37(35)45)44(36-18-10-12-20-38(36)46)48-40(30-15-7-4-8-16-30)42(50-44)32-23-27-34(52-2)28-24-32/h3-28H,1-2H3. The molecule has 2 unspecified atom stereocenters. The summed E-state index contributed by atoms with van der Waals surface area (Å²) >= 11 is 14.5. The van der Waals surface area contributed by atoms with Gasteiger partial charge in [0.2, 0.25) is 11.3 Å². The maximum atomic E-state index is 7.23. The fraction of sp³-hybridized carbons (Fsp3) is 0.0909. The minimum absolute atomic E-state index is 0.467. The van der Waals surface area contributed by atoms with Crippen molar-refractivity contribution in [2.45, 2.75) is 11.3 Å². The molecule has 0 N–H and O–H groups in total. The molecule has 0 spiro atoms. The van der Waals surface area contributed by atoms with E-state index in [1.165, 1.54) is 0 Å². The third-order valence-corrected chi connectivity index (χ3v) is 10.0. The van der Waals surface area contributed by atoms with Gasteiger partial charge in [-0.15, -0.1) is 0 Å². The number of aliphatic imine (C=N–C) groups is 4. The minimum Gasteiger partial charge on any atom is -0.497 e. The van der Waals surface area contributed by atoms with Crippen LogP contribution in [-0.4, -0.2) is 37.1 Å². The predicted molar refractivity (Wildman–Crippen MR) is 211 cm³/mol. The first-order valence-electron chi connectivity index (χ1n) is 16.8. The van der Waals surface area contributed by atoms with Gasteiger partial charge in [0.25, 0.3) is 0 Å². The number of hydrogen-bond donors (Lipinski definition) is 0. The molecule has 0 fully saturated rings.